The molecule has 252 valence electrons. The van der Waals surface area contributed by atoms with Gasteiger partial charge in [0.1, 0.15) is 11.2 Å². The topological polar surface area (TPSA) is 38.9 Å². The average molecular weight is 681 g/mol. The second-order valence-corrected chi connectivity index (χ2v) is 15.0. The molecule has 10 aromatic rings. The van der Waals surface area contributed by atoms with E-state index in [1.807, 2.05) is 12.1 Å². The molecule has 0 spiro atoms. The van der Waals surface area contributed by atoms with Crippen LogP contribution in [0.2, 0.25) is 0 Å². The van der Waals surface area contributed by atoms with Crippen LogP contribution in [0.1, 0.15) is 26.5 Å². The number of nitrogens with zero attached hydrogens (tertiary/aromatic N) is 2. The van der Waals surface area contributed by atoms with Crippen LogP contribution in [-0.2, 0) is 5.41 Å². The Kier molecular flexibility index (Phi) is 7.06. The molecule has 0 atom stereocenters. The van der Waals surface area contributed by atoms with Gasteiger partial charge in [0.2, 0.25) is 0 Å². The summed E-state index contributed by atoms with van der Waals surface area (Å²) in [6, 6.07) is 58.2. The molecule has 0 saturated carbocycles. The summed E-state index contributed by atoms with van der Waals surface area (Å²) in [6.07, 6.45) is 0. The van der Waals surface area contributed by atoms with Crippen molar-refractivity contribution in [2.75, 3.05) is 0 Å². The minimum absolute atomic E-state index is 0.204. The lowest BCUT2D eigenvalue weighted by molar-refractivity contribution is 0.571. The summed E-state index contributed by atoms with van der Waals surface area (Å²) < 4.78 is 6.32. The number of furan rings is 1. The van der Waals surface area contributed by atoms with Gasteiger partial charge in [0.05, 0.1) is 22.4 Å². The molecule has 8 aromatic carbocycles. The summed E-state index contributed by atoms with van der Waals surface area (Å²) in [5, 5.41) is 6.97. The minimum Gasteiger partial charge on any atom is -0.455 e. The average Bonchev–Trinajstić information content (AvgIpc) is 3.59. The lowest BCUT2D eigenvalue weighted by Gasteiger charge is -2.23. The lowest BCUT2D eigenvalue weighted by atomic mass is 9.87. The maximum Gasteiger partial charge on any atom is 0.143 e. The molecule has 0 unspecified atom stereocenters. The largest absolute Gasteiger partial charge is 0.455 e. The Labute approximate surface area is 308 Å². The first kappa shape index (κ1) is 31.2. The summed E-state index contributed by atoms with van der Waals surface area (Å²) >= 11 is 0. The van der Waals surface area contributed by atoms with Crippen LogP contribution in [0.4, 0.5) is 0 Å². The van der Waals surface area contributed by atoms with E-state index < -0.39 is 0 Å². The minimum atomic E-state index is -0.204. The third kappa shape index (κ3) is 5.19. The van der Waals surface area contributed by atoms with Crippen LogP contribution in [0, 0.1) is 0 Å². The van der Waals surface area contributed by atoms with E-state index in [1.54, 1.807) is 0 Å². The van der Waals surface area contributed by atoms with Gasteiger partial charge in [-0.3, -0.25) is 0 Å². The maximum atomic E-state index is 6.32. The molecule has 0 fully saturated rings. The summed E-state index contributed by atoms with van der Waals surface area (Å²) in [5.74, 6) is 0. The molecule has 0 N–H and O–H groups in total. The van der Waals surface area contributed by atoms with Gasteiger partial charge in [0.25, 0.3) is 0 Å². The van der Waals surface area contributed by atoms with Gasteiger partial charge in [-0.1, -0.05) is 172 Å². The van der Waals surface area contributed by atoms with Crippen molar-refractivity contribution >= 4 is 54.5 Å². The molecule has 0 saturated heterocycles. The van der Waals surface area contributed by atoms with E-state index in [0.29, 0.717) is 0 Å². The van der Waals surface area contributed by atoms with Gasteiger partial charge >= 0.3 is 0 Å². The number of rotatable bonds is 4. The summed E-state index contributed by atoms with van der Waals surface area (Å²) in [5.41, 5.74) is 13.5. The van der Waals surface area contributed by atoms with E-state index in [9.17, 15) is 0 Å². The molecular formula is C50H36N2O. The molecule has 53 heavy (non-hydrogen) atoms. The van der Waals surface area contributed by atoms with Gasteiger partial charge in [-0.15, -0.1) is 0 Å². The number of fused-ring (bicyclic) bond motifs is 9. The number of aromatic nitrogens is 2. The van der Waals surface area contributed by atoms with Crippen LogP contribution in [0.25, 0.3) is 99.2 Å². The van der Waals surface area contributed by atoms with Gasteiger partial charge < -0.3 is 4.42 Å². The molecule has 0 amide bonds. The molecule has 0 aliphatic rings. The van der Waals surface area contributed by atoms with Crippen molar-refractivity contribution < 1.29 is 4.42 Å². The summed E-state index contributed by atoms with van der Waals surface area (Å²) in [6.45, 7) is 6.67. The Morgan fingerprint density at radius 2 is 0.887 bits per heavy atom. The van der Waals surface area contributed by atoms with E-state index in [2.05, 4.69) is 172 Å². The molecule has 0 aliphatic heterocycles. The molecule has 2 aromatic heterocycles. The van der Waals surface area contributed by atoms with E-state index >= 15 is 0 Å². The highest BCUT2D eigenvalue weighted by Crippen LogP contribution is 2.40. The van der Waals surface area contributed by atoms with Crippen molar-refractivity contribution in [3.8, 4) is 44.6 Å². The quantitative estimate of drug-likeness (QED) is 0.174. The zero-order chi connectivity index (χ0) is 35.7. The Bertz CT molecular complexity index is 3020. The Balaban J connectivity index is 1.01. The Morgan fingerprint density at radius 1 is 0.396 bits per heavy atom. The first-order chi connectivity index (χ1) is 25.9. The number of para-hydroxylation sites is 2. The highest BCUT2D eigenvalue weighted by atomic mass is 16.3. The fraction of sp³-hybridized carbons (Fsp3) is 0.0800. The second-order valence-electron chi connectivity index (χ2n) is 15.0. The van der Waals surface area contributed by atoms with Crippen LogP contribution < -0.4 is 0 Å². The van der Waals surface area contributed by atoms with E-state index in [4.69, 9.17) is 14.4 Å². The highest BCUT2D eigenvalue weighted by Gasteiger charge is 2.25. The molecule has 0 aliphatic carbocycles. The van der Waals surface area contributed by atoms with Gasteiger partial charge in [-0.2, -0.15) is 0 Å². The SMILES string of the molecule is CC(C)(C)c1nc2c3ccccc3c3ccccc3c2nc1-c1ccc(-c2cccc(-c3ccc(-c4cccc5c4oc4ccccc45)cc3)c2)cc1. The van der Waals surface area contributed by atoms with Crippen LogP contribution in [0.15, 0.2) is 168 Å². The fourth-order valence-corrected chi connectivity index (χ4v) is 7.90. The molecule has 2 heterocycles. The summed E-state index contributed by atoms with van der Waals surface area (Å²) in [4.78, 5) is 10.8. The third-order valence-electron chi connectivity index (χ3n) is 10.5. The van der Waals surface area contributed by atoms with Crippen molar-refractivity contribution in [2.45, 2.75) is 26.2 Å². The van der Waals surface area contributed by atoms with Crippen molar-refractivity contribution in [3.05, 3.63) is 169 Å². The lowest BCUT2D eigenvalue weighted by Crippen LogP contribution is -2.16. The zero-order valence-electron chi connectivity index (χ0n) is 29.9. The monoisotopic (exact) mass is 680 g/mol. The summed E-state index contributed by atoms with van der Waals surface area (Å²) in [7, 11) is 0. The van der Waals surface area contributed by atoms with Gasteiger partial charge in [0.15, 0.2) is 0 Å². The molecule has 3 heteroatoms. The second kappa shape index (κ2) is 12.0. The molecule has 10 rings (SSSR count). The van der Waals surface area contributed by atoms with Crippen molar-refractivity contribution in [3.63, 3.8) is 0 Å². The standard InChI is InChI=1S/C50H36N2O/c1-50(2,3)49-45(51-46-41-17-6-4-14-38(41)39-15-5-7-18-42(39)47(46)52-49)34-28-24-32(25-29-34)36-13-10-12-35(30-36)31-22-26-33(27-23-31)37-19-11-20-43-40-16-8-9-21-44(40)53-48(37)43/h4-30H,1-3H3. The third-order valence-corrected chi connectivity index (χ3v) is 10.5. The smallest absolute Gasteiger partial charge is 0.143 e. The zero-order valence-corrected chi connectivity index (χ0v) is 29.9. The Morgan fingerprint density at radius 3 is 1.51 bits per heavy atom. The van der Waals surface area contributed by atoms with Gasteiger partial charge in [-0.25, -0.2) is 9.97 Å². The van der Waals surface area contributed by atoms with Crippen molar-refractivity contribution in [1.82, 2.24) is 9.97 Å². The first-order valence-electron chi connectivity index (χ1n) is 18.2. The van der Waals surface area contributed by atoms with Crippen LogP contribution in [0.3, 0.4) is 0 Å². The number of benzene rings is 8. The van der Waals surface area contributed by atoms with Gasteiger partial charge in [-0.05, 0) is 50.7 Å². The van der Waals surface area contributed by atoms with Crippen molar-refractivity contribution in [1.29, 1.82) is 0 Å². The molecule has 0 radical (unpaired) electrons. The molecule has 0 bridgehead atoms. The fourth-order valence-electron chi connectivity index (χ4n) is 7.90. The highest BCUT2D eigenvalue weighted by molar-refractivity contribution is 6.23. The van der Waals surface area contributed by atoms with Crippen molar-refractivity contribution in [2.24, 2.45) is 0 Å². The van der Waals surface area contributed by atoms with E-state index in [0.717, 1.165) is 77.4 Å². The maximum absolute atomic E-state index is 6.32. The molecule has 3 nitrogen and oxygen atoms in total. The van der Waals surface area contributed by atoms with Gasteiger partial charge in [0, 0.05) is 38.1 Å². The predicted molar refractivity (Wildman–Crippen MR) is 222 cm³/mol. The van der Waals surface area contributed by atoms with Crippen LogP contribution in [-0.4, -0.2) is 9.97 Å². The predicted octanol–water partition coefficient (Wildman–Crippen LogP) is 13.8. The van der Waals surface area contributed by atoms with Crippen LogP contribution in [0.5, 0.6) is 0 Å². The number of hydrogen-bond acceptors (Lipinski definition) is 3. The van der Waals surface area contributed by atoms with Crippen LogP contribution >= 0.6 is 0 Å². The first-order valence-corrected chi connectivity index (χ1v) is 18.2. The Hall–Kier alpha value is -6.58. The van der Waals surface area contributed by atoms with E-state index in [-0.39, 0.29) is 5.41 Å². The van der Waals surface area contributed by atoms with E-state index in [1.165, 1.54) is 27.5 Å². The molecular weight excluding hydrogens is 645 g/mol. The normalized spacial score (nSPS) is 12.1. The number of hydrogen-bond donors (Lipinski definition) is 0.